The summed E-state index contributed by atoms with van der Waals surface area (Å²) in [6, 6.07) is 0.807. The maximum Gasteiger partial charge on any atom is 0.416 e. The highest BCUT2D eigenvalue weighted by Crippen LogP contribution is 2.37. The summed E-state index contributed by atoms with van der Waals surface area (Å²) in [5.74, 6) is -0.907. The Morgan fingerprint density at radius 3 is 1.62 bits per heavy atom. The molecule has 0 atom stereocenters. The van der Waals surface area contributed by atoms with Crippen LogP contribution in [0.2, 0.25) is 0 Å². The van der Waals surface area contributed by atoms with E-state index in [9.17, 15) is 31.1 Å². The quantitative estimate of drug-likeness (QED) is 0.822. The van der Waals surface area contributed by atoms with Crippen LogP contribution in [-0.4, -0.2) is 11.4 Å². The average Bonchev–Trinajstić information content (AvgIpc) is 2.24. The molecule has 0 heterocycles. The Morgan fingerprint density at radius 1 is 0.952 bits per heavy atom. The van der Waals surface area contributed by atoms with Gasteiger partial charge in [-0.1, -0.05) is 0 Å². The predicted octanol–water partition coefficient (Wildman–Crippen LogP) is 3.40. The number of carbonyl (C=O) groups excluding carboxylic acids is 1. The highest BCUT2D eigenvalue weighted by Gasteiger charge is 2.37. The Hall–Kier alpha value is -1.77. The van der Waals surface area contributed by atoms with Crippen molar-refractivity contribution < 1.29 is 31.1 Å². The molecule has 1 amide bonds. The van der Waals surface area contributed by atoms with Gasteiger partial charge in [-0.05, 0) is 32.0 Å². The number of anilines is 1. The molecule has 0 aliphatic rings. The standard InChI is InChI=1S/C12H12F6N2O/c1-10(2,19)9(21)20-8-4-6(11(13,14)15)3-7(5-8)12(16,17)18/h3-5H,19H2,1-2H3,(H,20,21). The summed E-state index contributed by atoms with van der Waals surface area (Å²) in [5.41, 5.74) is 0.319. The average molecular weight is 314 g/mol. The fraction of sp³-hybridized carbons (Fsp3) is 0.417. The minimum absolute atomic E-state index is 0.0246. The molecule has 0 saturated heterocycles. The summed E-state index contributed by atoms with van der Waals surface area (Å²) in [5, 5.41) is 1.94. The van der Waals surface area contributed by atoms with Gasteiger partial charge in [0.05, 0.1) is 16.7 Å². The molecule has 3 N–H and O–H groups in total. The van der Waals surface area contributed by atoms with Crippen LogP contribution in [0, 0.1) is 0 Å². The van der Waals surface area contributed by atoms with Crippen LogP contribution in [0.3, 0.4) is 0 Å². The Labute approximate surface area is 116 Å². The molecule has 1 rings (SSSR count). The maximum absolute atomic E-state index is 12.6. The van der Waals surface area contributed by atoms with Crippen molar-refractivity contribution >= 4 is 11.6 Å². The molecule has 0 spiro atoms. The van der Waals surface area contributed by atoms with Crippen LogP contribution in [-0.2, 0) is 17.1 Å². The van der Waals surface area contributed by atoms with E-state index in [1.54, 1.807) is 0 Å². The van der Waals surface area contributed by atoms with E-state index in [0.717, 1.165) is 0 Å². The monoisotopic (exact) mass is 314 g/mol. The number of rotatable bonds is 2. The summed E-state index contributed by atoms with van der Waals surface area (Å²) >= 11 is 0. The third kappa shape index (κ3) is 4.62. The molecule has 0 unspecified atom stereocenters. The number of hydrogen-bond donors (Lipinski definition) is 2. The molecule has 118 valence electrons. The van der Waals surface area contributed by atoms with E-state index in [2.05, 4.69) is 0 Å². The predicted molar refractivity (Wildman–Crippen MR) is 63.3 cm³/mol. The first-order chi connectivity index (χ1) is 9.21. The Balaban J connectivity index is 3.30. The van der Waals surface area contributed by atoms with Gasteiger partial charge < -0.3 is 11.1 Å². The first kappa shape index (κ1) is 17.3. The number of halogens is 6. The van der Waals surface area contributed by atoms with Gasteiger partial charge in [-0.3, -0.25) is 4.79 Å². The molecule has 21 heavy (non-hydrogen) atoms. The second-order valence-electron chi connectivity index (χ2n) is 4.97. The first-order valence-corrected chi connectivity index (χ1v) is 5.61. The molecule has 0 fully saturated rings. The molecule has 0 aromatic heterocycles. The second-order valence-corrected chi connectivity index (χ2v) is 4.97. The van der Waals surface area contributed by atoms with E-state index in [1.165, 1.54) is 13.8 Å². The van der Waals surface area contributed by atoms with Crippen molar-refractivity contribution in [2.75, 3.05) is 5.32 Å². The van der Waals surface area contributed by atoms with Crippen LogP contribution >= 0.6 is 0 Å². The van der Waals surface area contributed by atoms with Gasteiger partial charge in [0.25, 0.3) is 0 Å². The van der Waals surface area contributed by atoms with Crippen molar-refractivity contribution in [1.29, 1.82) is 0 Å². The van der Waals surface area contributed by atoms with Gasteiger partial charge in [-0.25, -0.2) is 0 Å². The van der Waals surface area contributed by atoms with E-state index >= 15 is 0 Å². The summed E-state index contributed by atoms with van der Waals surface area (Å²) in [6.07, 6.45) is -9.95. The molecule has 9 heteroatoms. The van der Waals surface area contributed by atoms with Crippen molar-refractivity contribution in [2.45, 2.75) is 31.7 Å². The fourth-order valence-corrected chi connectivity index (χ4v) is 1.32. The van der Waals surface area contributed by atoms with Crippen LogP contribution in [0.4, 0.5) is 32.0 Å². The van der Waals surface area contributed by atoms with E-state index in [4.69, 9.17) is 5.73 Å². The lowest BCUT2D eigenvalue weighted by atomic mass is 10.0. The smallest absolute Gasteiger partial charge is 0.324 e. The Kier molecular flexibility index (Phi) is 4.29. The molecular formula is C12H12F6N2O. The van der Waals surface area contributed by atoms with Gasteiger partial charge >= 0.3 is 12.4 Å². The second kappa shape index (κ2) is 5.21. The van der Waals surface area contributed by atoms with Crippen LogP contribution in [0.1, 0.15) is 25.0 Å². The number of alkyl halides is 6. The topological polar surface area (TPSA) is 55.1 Å². The Bertz CT molecular complexity index is 510. The van der Waals surface area contributed by atoms with Gasteiger partial charge in [0.2, 0.25) is 5.91 Å². The van der Waals surface area contributed by atoms with Crippen molar-refractivity contribution in [3.8, 4) is 0 Å². The SMILES string of the molecule is CC(C)(N)C(=O)Nc1cc(C(F)(F)F)cc(C(F)(F)F)c1. The largest absolute Gasteiger partial charge is 0.416 e. The van der Waals surface area contributed by atoms with Crippen LogP contribution < -0.4 is 11.1 Å². The fourth-order valence-electron chi connectivity index (χ4n) is 1.32. The number of amides is 1. The van der Waals surface area contributed by atoms with Gasteiger partial charge in [0.15, 0.2) is 0 Å². The van der Waals surface area contributed by atoms with Crippen molar-refractivity contribution in [3.05, 3.63) is 29.3 Å². The van der Waals surface area contributed by atoms with Crippen molar-refractivity contribution in [1.82, 2.24) is 0 Å². The van der Waals surface area contributed by atoms with E-state index in [1.807, 2.05) is 5.32 Å². The summed E-state index contributed by atoms with van der Waals surface area (Å²) in [4.78, 5) is 11.6. The lowest BCUT2D eigenvalue weighted by Crippen LogP contribution is -2.45. The molecule has 1 aromatic rings. The van der Waals surface area contributed by atoms with E-state index in [0.29, 0.717) is 12.1 Å². The molecular weight excluding hydrogens is 302 g/mol. The van der Waals surface area contributed by atoms with Crippen LogP contribution in [0.25, 0.3) is 0 Å². The van der Waals surface area contributed by atoms with Crippen molar-refractivity contribution in [2.24, 2.45) is 5.73 Å². The van der Waals surface area contributed by atoms with Gasteiger partial charge in [0.1, 0.15) is 0 Å². The minimum atomic E-state index is -4.97. The minimum Gasteiger partial charge on any atom is -0.324 e. The molecule has 0 aliphatic heterocycles. The molecule has 0 aliphatic carbocycles. The summed E-state index contributed by atoms with van der Waals surface area (Å²) in [6.45, 7) is 2.53. The highest BCUT2D eigenvalue weighted by molar-refractivity contribution is 5.97. The molecule has 1 aromatic carbocycles. The lowest BCUT2D eigenvalue weighted by molar-refractivity contribution is -0.143. The number of nitrogens with one attached hydrogen (secondary N) is 1. The molecule has 3 nitrogen and oxygen atoms in total. The third-order valence-electron chi connectivity index (χ3n) is 2.43. The summed E-state index contributed by atoms with van der Waals surface area (Å²) in [7, 11) is 0. The van der Waals surface area contributed by atoms with Crippen LogP contribution in [0.15, 0.2) is 18.2 Å². The molecule has 0 saturated carbocycles. The number of benzene rings is 1. The van der Waals surface area contributed by atoms with Crippen molar-refractivity contribution in [3.63, 3.8) is 0 Å². The first-order valence-electron chi connectivity index (χ1n) is 5.61. The van der Waals surface area contributed by atoms with Crippen LogP contribution in [0.5, 0.6) is 0 Å². The van der Waals surface area contributed by atoms with E-state index in [-0.39, 0.29) is 6.07 Å². The zero-order chi connectivity index (χ0) is 16.6. The van der Waals surface area contributed by atoms with Gasteiger partial charge in [-0.15, -0.1) is 0 Å². The lowest BCUT2D eigenvalue weighted by Gasteiger charge is -2.19. The zero-order valence-electron chi connectivity index (χ0n) is 11.0. The number of nitrogens with two attached hydrogens (primary N) is 1. The third-order valence-corrected chi connectivity index (χ3v) is 2.43. The number of carbonyl (C=O) groups is 1. The van der Waals surface area contributed by atoms with E-state index < -0.39 is 40.6 Å². The number of hydrogen-bond acceptors (Lipinski definition) is 2. The molecule has 0 radical (unpaired) electrons. The zero-order valence-corrected chi connectivity index (χ0v) is 11.0. The maximum atomic E-state index is 12.6. The van der Waals surface area contributed by atoms with Gasteiger partial charge in [-0.2, -0.15) is 26.3 Å². The molecule has 0 bridgehead atoms. The highest BCUT2D eigenvalue weighted by atomic mass is 19.4. The normalized spacial score (nSPS) is 13.2. The Morgan fingerprint density at radius 2 is 1.33 bits per heavy atom. The van der Waals surface area contributed by atoms with Gasteiger partial charge in [0, 0.05) is 5.69 Å². The summed E-state index contributed by atoms with van der Waals surface area (Å²) < 4.78 is 75.6.